The molecule has 0 unspecified atom stereocenters. The monoisotopic (exact) mass is 315 g/mol. The van der Waals surface area contributed by atoms with Gasteiger partial charge in [-0.3, -0.25) is 4.90 Å². The Kier molecular flexibility index (Phi) is 4.18. The first-order valence-electron chi connectivity index (χ1n) is 7.51. The van der Waals surface area contributed by atoms with E-state index in [1.807, 2.05) is 4.90 Å². The molecule has 0 amide bonds. The van der Waals surface area contributed by atoms with E-state index >= 15 is 0 Å². The molecule has 2 aliphatic rings. The highest BCUT2D eigenvalue weighted by Crippen LogP contribution is 2.42. The van der Waals surface area contributed by atoms with E-state index < -0.39 is 11.7 Å². The van der Waals surface area contributed by atoms with E-state index in [1.165, 1.54) is 12.1 Å². The molecule has 1 aromatic rings. The maximum absolute atomic E-state index is 13.1. The van der Waals surface area contributed by atoms with Crippen molar-refractivity contribution >= 4 is 0 Å². The van der Waals surface area contributed by atoms with Crippen LogP contribution in [0, 0.1) is 11.3 Å². The molecule has 1 aromatic carbocycles. The lowest BCUT2D eigenvalue weighted by Crippen LogP contribution is -2.42. The number of halogens is 3. The molecule has 2 heterocycles. The number of hydrogen-bond acceptors (Lipinski definition) is 3. The number of fused-ring (bicyclic) bond motifs is 1. The van der Waals surface area contributed by atoms with Crippen LogP contribution in [0.3, 0.4) is 0 Å². The molecule has 1 N–H and O–H groups in total. The molecule has 0 radical (unpaired) electrons. The van der Waals surface area contributed by atoms with Gasteiger partial charge in [0.2, 0.25) is 0 Å². The van der Waals surface area contributed by atoms with Crippen LogP contribution in [0.2, 0.25) is 0 Å². The van der Waals surface area contributed by atoms with E-state index in [0.717, 1.165) is 19.0 Å². The molecule has 3 rings (SSSR count). The Bertz CT molecular complexity index is 534. The molecule has 0 aliphatic carbocycles. The van der Waals surface area contributed by atoms with Gasteiger partial charge in [-0.05, 0) is 24.0 Å². The molecule has 0 spiro atoms. The van der Waals surface area contributed by atoms with Crippen molar-refractivity contribution in [3.63, 3.8) is 0 Å². The Morgan fingerprint density at radius 2 is 2.09 bits per heavy atom. The number of rotatable bonds is 3. The number of hydrogen-bond donors (Lipinski definition) is 1. The van der Waals surface area contributed by atoms with Crippen LogP contribution >= 0.6 is 0 Å². The third kappa shape index (κ3) is 2.87. The van der Waals surface area contributed by atoms with Crippen LogP contribution in [0.25, 0.3) is 0 Å². The van der Waals surface area contributed by atoms with Crippen molar-refractivity contribution in [2.75, 3.05) is 32.9 Å². The van der Waals surface area contributed by atoms with Gasteiger partial charge in [0.25, 0.3) is 0 Å². The Hall–Kier alpha value is -1.11. The van der Waals surface area contributed by atoms with E-state index in [1.54, 1.807) is 6.07 Å². The zero-order chi connectivity index (χ0) is 15.8. The molecule has 3 nitrogen and oxygen atoms in total. The molecule has 2 atom stereocenters. The van der Waals surface area contributed by atoms with Gasteiger partial charge in [-0.15, -0.1) is 0 Å². The predicted molar refractivity (Wildman–Crippen MR) is 75.2 cm³/mol. The van der Waals surface area contributed by atoms with Gasteiger partial charge < -0.3 is 9.84 Å². The fraction of sp³-hybridized carbons (Fsp3) is 0.625. The zero-order valence-corrected chi connectivity index (χ0v) is 12.3. The summed E-state index contributed by atoms with van der Waals surface area (Å²) in [5, 5.41) is 9.73. The summed E-state index contributed by atoms with van der Waals surface area (Å²) < 4.78 is 44.7. The number of alkyl halides is 3. The standard InChI is InChI=1S/C16H20F3NO2/c17-16(18,19)14-4-2-1-3-12(14)7-20-8-13-5-6-22-11-15(13,9-20)10-21/h1-4,13,21H,5-11H2/t13-,15+/m0/s1. The lowest BCUT2D eigenvalue weighted by Gasteiger charge is -2.36. The summed E-state index contributed by atoms with van der Waals surface area (Å²) in [6.45, 7) is 2.74. The summed E-state index contributed by atoms with van der Waals surface area (Å²) in [6, 6.07) is 5.72. The second-order valence-electron chi connectivity index (χ2n) is 6.38. The maximum Gasteiger partial charge on any atom is 0.416 e. The largest absolute Gasteiger partial charge is 0.416 e. The van der Waals surface area contributed by atoms with E-state index in [9.17, 15) is 18.3 Å². The highest BCUT2D eigenvalue weighted by molar-refractivity contribution is 5.29. The normalized spacial score (nSPS) is 29.5. The Labute approximate surface area is 127 Å². The minimum atomic E-state index is -4.33. The lowest BCUT2D eigenvalue weighted by molar-refractivity contribution is -0.138. The molecule has 6 heteroatoms. The predicted octanol–water partition coefficient (Wildman–Crippen LogP) is 2.54. The first-order valence-corrected chi connectivity index (χ1v) is 7.51. The number of likely N-dealkylation sites (tertiary alicyclic amines) is 1. The van der Waals surface area contributed by atoms with Crippen molar-refractivity contribution in [3.8, 4) is 0 Å². The van der Waals surface area contributed by atoms with Crippen LogP contribution in [-0.4, -0.2) is 42.9 Å². The fourth-order valence-electron chi connectivity index (χ4n) is 3.73. The molecule has 122 valence electrons. The number of ether oxygens (including phenoxy) is 1. The third-order valence-electron chi connectivity index (χ3n) is 4.91. The van der Waals surface area contributed by atoms with Gasteiger partial charge in [0.1, 0.15) is 0 Å². The van der Waals surface area contributed by atoms with Gasteiger partial charge >= 0.3 is 6.18 Å². The molecule has 0 aromatic heterocycles. The van der Waals surface area contributed by atoms with E-state index in [0.29, 0.717) is 31.2 Å². The van der Waals surface area contributed by atoms with Crippen molar-refractivity contribution < 1.29 is 23.0 Å². The Morgan fingerprint density at radius 3 is 2.77 bits per heavy atom. The number of benzene rings is 1. The van der Waals surface area contributed by atoms with Crippen LogP contribution in [0.15, 0.2) is 24.3 Å². The summed E-state index contributed by atoms with van der Waals surface area (Å²) in [4.78, 5) is 2.01. The Morgan fingerprint density at radius 1 is 1.32 bits per heavy atom. The molecule has 2 fully saturated rings. The lowest BCUT2D eigenvalue weighted by atomic mass is 9.76. The second kappa shape index (κ2) is 5.83. The average Bonchev–Trinajstić information content (AvgIpc) is 2.85. The quantitative estimate of drug-likeness (QED) is 0.930. The van der Waals surface area contributed by atoms with Crippen molar-refractivity contribution in [2.24, 2.45) is 11.3 Å². The van der Waals surface area contributed by atoms with Gasteiger partial charge in [-0.1, -0.05) is 18.2 Å². The smallest absolute Gasteiger partial charge is 0.396 e. The van der Waals surface area contributed by atoms with Crippen molar-refractivity contribution in [3.05, 3.63) is 35.4 Å². The fourth-order valence-corrected chi connectivity index (χ4v) is 3.73. The summed E-state index contributed by atoms with van der Waals surface area (Å²) >= 11 is 0. The Balaban J connectivity index is 1.78. The highest BCUT2D eigenvalue weighted by atomic mass is 19.4. The number of aliphatic hydroxyl groups excluding tert-OH is 1. The molecule has 0 saturated carbocycles. The summed E-state index contributed by atoms with van der Waals surface area (Å²) in [7, 11) is 0. The van der Waals surface area contributed by atoms with Gasteiger partial charge in [0, 0.05) is 31.7 Å². The highest BCUT2D eigenvalue weighted by Gasteiger charge is 2.48. The molecular formula is C16H20F3NO2. The van der Waals surface area contributed by atoms with Crippen LogP contribution in [-0.2, 0) is 17.5 Å². The first kappa shape index (κ1) is 15.8. The van der Waals surface area contributed by atoms with E-state index in [2.05, 4.69) is 0 Å². The van der Waals surface area contributed by atoms with E-state index in [4.69, 9.17) is 4.74 Å². The average molecular weight is 315 g/mol. The summed E-state index contributed by atoms with van der Waals surface area (Å²) in [6.07, 6.45) is -3.47. The number of aliphatic hydroxyl groups is 1. The zero-order valence-electron chi connectivity index (χ0n) is 12.3. The molecule has 0 bridgehead atoms. The van der Waals surface area contributed by atoms with Crippen LogP contribution < -0.4 is 0 Å². The van der Waals surface area contributed by atoms with Gasteiger partial charge in [-0.25, -0.2) is 0 Å². The maximum atomic E-state index is 13.1. The van der Waals surface area contributed by atoms with Crippen molar-refractivity contribution in [1.29, 1.82) is 0 Å². The minimum Gasteiger partial charge on any atom is -0.396 e. The van der Waals surface area contributed by atoms with E-state index in [-0.39, 0.29) is 18.6 Å². The molecular weight excluding hydrogens is 295 g/mol. The first-order chi connectivity index (χ1) is 10.4. The minimum absolute atomic E-state index is 0.0229. The summed E-state index contributed by atoms with van der Waals surface area (Å²) in [5.74, 6) is 0.296. The van der Waals surface area contributed by atoms with Gasteiger partial charge in [0.05, 0.1) is 18.8 Å². The van der Waals surface area contributed by atoms with Crippen molar-refractivity contribution in [1.82, 2.24) is 4.90 Å². The molecule has 2 aliphatic heterocycles. The third-order valence-corrected chi connectivity index (χ3v) is 4.91. The molecule has 2 saturated heterocycles. The van der Waals surface area contributed by atoms with Gasteiger partial charge in [-0.2, -0.15) is 13.2 Å². The van der Waals surface area contributed by atoms with Gasteiger partial charge in [0.15, 0.2) is 0 Å². The topological polar surface area (TPSA) is 32.7 Å². The van der Waals surface area contributed by atoms with Crippen LogP contribution in [0.5, 0.6) is 0 Å². The van der Waals surface area contributed by atoms with Crippen LogP contribution in [0.4, 0.5) is 13.2 Å². The summed E-state index contributed by atoms with van der Waals surface area (Å²) in [5.41, 5.74) is -0.590. The number of nitrogens with zero attached hydrogens (tertiary/aromatic N) is 1. The molecule has 22 heavy (non-hydrogen) atoms. The van der Waals surface area contributed by atoms with Crippen molar-refractivity contribution in [2.45, 2.75) is 19.1 Å². The van der Waals surface area contributed by atoms with Crippen LogP contribution in [0.1, 0.15) is 17.5 Å². The SMILES string of the molecule is OC[C@]12COCC[C@H]1CN(Cc1ccccc1C(F)(F)F)C2. The second-order valence-corrected chi connectivity index (χ2v) is 6.38.